The van der Waals surface area contributed by atoms with Crippen LogP contribution in [-0.2, 0) is 13.0 Å². The van der Waals surface area contributed by atoms with Crippen molar-refractivity contribution in [1.82, 2.24) is 14.9 Å². The Morgan fingerprint density at radius 1 is 1.38 bits per heavy atom. The molecule has 3 aromatic rings. The van der Waals surface area contributed by atoms with E-state index in [1.807, 2.05) is 0 Å². The zero-order chi connectivity index (χ0) is 18.3. The number of thiophene rings is 1. The average molecular weight is 406 g/mol. The smallest absolute Gasteiger partial charge is 0.260 e. The third-order valence-electron chi connectivity index (χ3n) is 4.39. The number of thioether (sulfide) groups is 1. The Morgan fingerprint density at radius 3 is 2.92 bits per heavy atom. The Morgan fingerprint density at radius 2 is 2.15 bits per heavy atom. The van der Waals surface area contributed by atoms with Gasteiger partial charge >= 0.3 is 0 Å². The molecule has 2 aromatic heterocycles. The van der Waals surface area contributed by atoms with Crippen molar-refractivity contribution in [3.63, 3.8) is 0 Å². The van der Waals surface area contributed by atoms with Crippen molar-refractivity contribution in [3.05, 3.63) is 55.6 Å². The first-order chi connectivity index (χ1) is 12.5. The van der Waals surface area contributed by atoms with Crippen LogP contribution in [0.5, 0.6) is 0 Å². The number of H-pyrrole nitrogens is 1. The maximum absolute atomic E-state index is 12.6. The molecule has 1 N–H and O–H groups in total. The predicted octanol–water partition coefficient (Wildman–Crippen LogP) is 3.60. The molecule has 1 aromatic carbocycles. The zero-order valence-electron chi connectivity index (χ0n) is 14.0. The van der Waals surface area contributed by atoms with Gasteiger partial charge in [-0.2, -0.15) is 0 Å². The Kier molecular flexibility index (Phi) is 4.88. The van der Waals surface area contributed by atoms with Gasteiger partial charge in [0.05, 0.1) is 11.1 Å². The minimum absolute atomic E-state index is 0.0264. The molecule has 4 rings (SSSR count). The number of carbonyl (C=O) groups is 1. The number of halogens is 1. The number of fused-ring (bicyclic) bond motifs is 3. The molecule has 1 aliphatic rings. The molecule has 26 heavy (non-hydrogen) atoms. The summed E-state index contributed by atoms with van der Waals surface area (Å²) in [5.74, 6) is 0.186. The number of ketones is 1. The van der Waals surface area contributed by atoms with Gasteiger partial charge in [0.25, 0.3) is 5.56 Å². The van der Waals surface area contributed by atoms with Crippen molar-refractivity contribution >= 4 is 50.7 Å². The number of aromatic nitrogens is 2. The summed E-state index contributed by atoms with van der Waals surface area (Å²) in [6.45, 7) is 1.80. The summed E-state index contributed by atoms with van der Waals surface area (Å²) in [6, 6.07) is 6.79. The van der Waals surface area contributed by atoms with Gasteiger partial charge in [0.1, 0.15) is 4.83 Å². The van der Waals surface area contributed by atoms with E-state index in [2.05, 4.69) is 21.9 Å². The van der Waals surface area contributed by atoms with Gasteiger partial charge in [-0.3, -0.25) is 9.59 Å². The van der Waals surface area contributed by atoms with Crippen molar-refractivity contribution in [2.75, 3.05) is 19.3 Å². The number of aromatic amines is 1. The largest absolute Gasteiger partial charge is 0.301 e. The summed E-state index contributed by atoms with van der Waals surface area (Å²) in [4.78, 5) is 36.5. The molecule has 0 amide bonds. The number of hydrogen-bond acceptors (Lipinski definition) is 6. The summed E-state index contributed by atoms with van der Waals surface area (Å²) >= 11 is 8.67. The Hall–Kier alpha value is -1.67. The summed E-state index contributed by atoms with van der Waals surface area (Å²) in [5.41, 5.74) is 1.61. The third kappa shape index (κ3) is 3.44. The minimum atomic E-state index is -0.113. The summed E-state index contributed by atoms with van der Waals surface area (Å²) < 4.78 is 0. The average Bonchev–Trinajstić information content (AvgIpc) is 2.98. The first-order valence-electron chi connectivity index (χ1n) is 8.16. The van der Waals surface area contributed by atoms with Crippen LogP contribution in [0.1, 0.15) is 20.8 Å². The third-order valence-corrected chi connectivity index (χ3v) is 6.62. The van der Waals surface area contributed by atoms with E-state index in [9.17, 15) is 9.59 Å². The van der Waals surface area contributed by atoms with Crippen LogP contribution >= 0.6 is 34.7 Å². The van der Waals surface area contributed by atoms with Gasteiger partial charge in [0.15, 0.2) is 10.9 Å². The lowest BCUT2D eigenvalue weighted by Crippen LogP contribution is -2.25. The quantitative estimate of drug-likeness (QED) is 0.408. The number of nitrogens with zero attached hydrogens (tertiary/aromatic N) is 2. The van der Waals surface area contributed by atoms with Crippen LogP contribution in [-0.4, -0.2) is 40.0 Å². The van der Waals surface area contributed by atoms with E-state index in [0.29, 0.717) is 21.1 Å². The topological polar surface area (TPSA) is 66.1 Å². The molecule has 0 bridgehead atoms. The van der Waals surface area contributed by atoms with Gasteiger partial charge in [-0.1, -0.05) is 23.4 Å². The molecule has 0 radical (unpaired) electrons. The molecule has 5 nitrogen and oxygen atoms in total. The Labute approximate surface area is 163 Å². The second-order valence-corrected chi connectivity index (χ2v) is 8.75. The number of Topliss-reactive ketones (excluding diaryl/α,β-unsaturated/α-hetero) is 1. The van der Waals surface area contributed by atoms with E-state index >= 15 is 0 Å². The number of rotatable bonds is 4. The van der Waals surface area contributed by atoms with Gasteiger partial charge in [0.2, 0.25) is 0 Å². The highest BCUT2D eigenvalue weighted by atomic mass is 35.5. The van der Waals surface area contributed by atoms with E-state index in [0.717, 1.165) is 29.9 Å². The van der Waals surface area contributed by atoms with Gasteiger partial charge in [-0.05, 0) is 43.3 Å². The van der Waals surface area contributed by atoms with Gasteiger partial charge in [-0.15, -0.1) is 11.3 Å². The van der Waals surface area contributed by atoms with E-state index in [4.69, 9.17) is 11.6 Å². The van der Waals surface area contributed by atoms with E-state index in [1.165, 1.54) is 16.6 Å². The van der Waals surface area contributed by atoms with Crippen LogP contribution in [0.3, 0.4) is 0 Å². The van der Waals surface area contributed by atoms with Crippen molar-refractivity contribution in [2.24, 2.45) is 0 Å². The standard InChI is InChI=1S/C18H16ClN3O2S2/c1-22-7-6-12-14(8-22)26-17-15(12)16(24)20-18(21-17)25-9-13(23)10-2-4-11(19)5-3-10/h2-5H,6-9H2,1H3,(H,20,21,24). The molecule has 134 valence electrons. The van der Waals surface area contributed by atoms with Crippen LogP contribution < -0.4 is 5.56 Å². The lowest BCUT2D eigenvalue weighted by molar-refractivity contribution is 0.102. The summed E-state index contributed by atoms with van der Waals surface area (Å²) in [6.07, 6.45) is 0.873. The van der Waals surface area contributed by atoms with E-state index in [1.54, 1.807) is 35.6 Å². The molecule has 0 fully saturated rings. The molecular formula is C18H16ClN3O2S2. The number of carbonyl (C=O) groups excluding carboxylic acids is 1. The van der Waals surface area contributed by atoms with E-state index < -0.39 is 0 Å². The molecule has 0 spiro atoms. The van der Waals surface area contributed by atoms with Crippen LogP contribution in [0.4, 0.5) is 0 Å². The normalized spacial score (nSPS) is 14.5. The fourth-order valence-corrected chi connectivity index (χ4v) is 5.27. The molecule has 0 aliphatic carbocycles. The van der Waals surface area contributed by atoms with E-state index in [-0.39, 0.29) is 17.1 Å². The van der Waals surface area contributed by atoms with Crippen LogP contribution in [0.15, 0.2) is 34.2 Å². The molecule has 1 aliphatic heterocycles. The molecule has 0 saturated heterocycles. The first kappa shape index (κ1) is 17.7. The SMILES string of the molecule is CN1CCc2c(sc3nc(SCC(=O)c4ccc(Cl)cc4)[nH]c(=O)c23)C1. The van der Waals surface area contributed by atoms with Crippen LogP contribution in [0, 0.1) is 0 Å². The number of nitrogens with one attached hydrogen (secondary N) is 1. The highest BCUT2D eigenvalue weighted by molar-refractivity contribution is 7.99. The van der Waals surface area contributed by atoms with Crippen molar-refractivity contribution in [1.29, 1.82) is 0 Å². The number of likely N-dealkylation sites (N-methyl/N-ethyl adjacent to an activating group) is 1. The van der Waals surface area contributed by atoms with Gasteiger partial charge in [0, 0.05) is 28.6 Å². The second-order valence-electron chi connectivity index (χ2n) is 6.26. The summed E-state index contributed by atoms with van der Waals surface area (Å²) in [5, 5.41) is 1.79. The zero-order valence-corrected chi connectivity index (χ0v) is 16.4. The fraction of sp³-hybridized carbons (Fsp3) is 0.278. The molecular weight excluding hydrogens is 390 g/mol. The Balaban J connectivity index is 1.57. The van der Waals surface area contributed by atoms with Crippen molar-refractivity contribution in [2.45, 2.75) is 18.1 Å². The second kappa shape index (κ2) is 7.15. The van der Waals surface area contributed by atoms with Gasteiger partial charge < -0.3 is 9.88 Å². The number of benzene rings is 1. The molecule has 8 heteroatoms. The van der Waals surface area contributed by atoms with Crippen LogP contribution in [0.2, 0.25) is 5.02 Å². The highest BCUT2D eigenvalue weighted by Gasteiger charge is 2.22. The van der Waals surface area contributed by atoms with Crippen molar-refractivity contribution < 1.29 is 4.79 Å². The van der Waals surface area contributed by atoms with Crippen molar-refractivity contribution in [3.8, 4) is 0 Å². The monoisotopic (exact) mass is 405 g/mol. The lowest BCUT2D eigenvalue weighted by Gasteiger charge is -2.21. The first-order valence-corrected chi connectivity index (χ1v) is 10.3. The number of hydrogen-bond donors (Lipinski definition) is 1. The molecule has 0 atom stereocenters. The Bertz CT molecular complexity index is 1040. The molecule has 0 unspecified atom stereocenters. The minimum Gasteiger partial charge on any atom is -0.301 e. The lowest BCUT2D eigenvalue weighted by atomic mass is 10.1. The molecule has 3 heterocycles. The maximum Gasteiger partial charge on any atom is 0.260 e. The fourth-order valence-electron chi connectivity index (χ4n) is 3.03. The maximum atomic E-state index is 12.6. The predicted molar refractivity (Wildman–Crippen MR) is 107 cm³/mol. The molecule has 0 saturated carbocycles. The summed E-state index contributed by atoms with van der Waals surface area (Å²) in [7, 11) is 2.08. The van der Waals surface area contributed by atoms with Crippen LogP contribution in [0.25, 0.3) is 10.2 Å². The van der Waals surface area contributed by atoms with Gasteiger partial charge in [-0.25, -0.2) is 4.98 Å². The highest BCUT2D eigenvalue weighted by Crippen LogP contribution is 2.32.